The number of aryl methyl sites for hydroxylation is 1. The zero-order valence-electron chi connectivity index (χ0n) is 19.2. The van der Waals surface area contributed by atoms with Crippen molar-refractivity contribution in [2.45, 2.75) is 98.8 Å². The summed E-state index contributed by atoms with van der Waals surface area (Å²) in [6, 6.07) is 4.65. The van der Waals surface area contributed by atoms with Crippen molar-refractivity contribution in [2.75, 3.05) is 0 Å². The minimum Gasteiger partial charge on any atom is -0.507 e. The van der Waals surface area contributed by atoms with Gasteiger partial charge in [0.15, 0.2) is 0 Å². The summed E-state index contributed by atoms with van der Waals surface area (Å²) in [7, 11) is 0. The van der Waals surface area contributed by atoms with Gasteiger partial charge in [0.2, 0.25) is 0 Å². The Balaban J connectivity index is 1.60. The molecule has 1 N–H and O–H groups in total. The molecule has 1 aromatic rings. The van der Waals surface area contributed by atoms with Crippen molar-refractivity contribution in [1.29, 1.82) is 0 Å². The van der Waals surface area contributed by atoms with E-state index in [0.717, 1.165) is 11.8 Å². The van der Waals surface area contributed by atoms with Crippen LogP contribution in [0.3, 0.4) is 0 Å². The van der Waals surface area contributed by atoms with E-state index in [9.17, 15) is 5.11 Å². The molecule has 0 radical (unpaired) electrons. The fourth-order valence-corrected chi connectivity index (χ4v) is 8.71. The number of aromatic hydroxyl groups is 1. The molecule has 1 aromatic carbocycles. The molecule has 0 spiro atoms. The average molecular weight is 381 g/mol. The first-order valence-corrected chi connectivity index (χ1v) is 11.8. The maximum absolute atomic E-state index is 11.7. The fraction of sp³-hybridized carbons (Fsp3) is 0.778. The van der Waals surface area contributed by atoms with Crippen LogP contribution in [0.1, 0.15) is 109 Å². The maximum Gasteiger partial charge on any atom is 0.122 e. The highest BCUT2D eigenvalue weighted by Gasteiger charge is 2.63. The highest BCUT2D eigenvalue weighted by molar-refractivity contribution is 5.50. The second-order valence-corrected chi connectivity index (χ2v) is 12.6. The molecule has 0 heterocycles. The molecule has 0 aromatic heterocycles. The van der Waals surface area contributed by atoms with Gasteiger partial charge in [-0.15, -0.1) is 0 Å². The van der Waals surface area contributed by atoms with Crippen LogP contribution in [0.5, 0.6) is 5.75 Å². The number of phenols is 1. The molecule has 4 aliphatic rings. The van der Waals surface area contributed by atoms with Gasteiger partial charge in [-0.25, -0.2) is 0 Å². The Morgan fingerprint density at radius 3 is 1.43 bits per heavy atom. The van der Waals surface area contributed by atoms with Gasteiger partial charge in [-0.3, -0.25) is 0 Å². The predicted octanol–water partition coefficient (Wildman–Crippen LogP) is 7.56. The van der Waals surface area contributed by atoms with E-state index in [0.29, 0.717) is 39.2 Å². The topological polar surface area (TPSA) is 20.2 Å². The molecule has 1 heteroatoms. The zero-order chi connectivity index (χ0) is 20.3. The van der Waals surface area contributed by atoms with Gasteiger partial charge < -0.3 is 5.11 Å². The first-order chi connectivity index (χ1) is 12.9. The van der Waals surface area contributed by atoms with Crippen molar-refractivity contribution in [3.63, 3.8) is 0 Å². The minimum atomic E-state index is 0.318. The van der Waals surface area contributed by atoms with Crippen molar-refractivity contribution in [3.05, 3.63) is 28.8 Å². The van der Waals surface area contributed by atoms with E-state index in [1.807, 2.05) is 0 Å². The first-order valence-electron chi connectivity index (χ1n) is 11.8. The van der Waals surface area contributed by atoms with Crippen LogP contribution in [-0.2, 0) is 0 Å². The van der Waals surface area contributed by atoms with E-state index in [-0.39, 0.29) is 0 Å². The quantitative estimate of drug-likeness (QED) is 0.561. The van der Waals surface area contributed by atoms with Crippen LogP contribution in [-0.4, -0.2) is 5.11 Å². The molecule has 28 heavy (non-hydrogen) atoms. The highest BCUT2D eigenvalue weighted by Crippen LogP contribution is 2.74. The van der Waals surface area contributed by atoms with Gasteiger partial charge in [0.1, 0.15) is 5.75 Å². The van der Waals surface area contributed by atoms with E-state index in [1.165, 1.54) is 55.2 Å². The third kappa shape index (κ3) is 2.00. The summed E-state index contributed by atoms with van der Waals surface area (Å²) in [4.78, 5) is 0. The van der Waals surface area contributed by atoms with Gasteiger partial charge in [0.25, 0.3) is 0 Å². The first kappa shape index (κ1) is 19.0. The van der Waals surface area contributed by atoms with Gasteiger partial charge in [-0.2, -0.15) is 0 Å². The van der Waals surface area contributed by atoms with Crippen molar-refractivity contribution in [1.82, 2.24) is 0 Å². The number of phenolic OH excluding ortho intramolecular Hbond substituents is 1. The summed E-state index contributed by atoms with van der Waals surface area (Å²) in [6.07, 6.45) is 7.89. The highest BCUT2D eigenvalue weighted by atomic mass is 16.3. The lowest BCUT2D eigenvalue weighted by Gasteiger charge is -2.42. The number of fused-ring (bicyclic) bond motifs is 4. The second kappa shape index (κ2) is 5.38. The van der Waals surface area contributed by atoms with E-state index in [4.69, 9.17) is 0 Å². The average Bonchev–Trinajstić information content (AvgIpc) is 3.14. The Kier molecular flexibility index (Phi) is 3.65. The maximum atomic E-state index is 11.7. The lowest BCUT2D eigenvalue weighted by molar-refractivity contribution is 0.130. The molecule has 1 nitrogen and oxygen atoms in total. The third-order valence-electron chi connectivity index (χ3n) is 11.7. The molecule has 0 amide bonds. The van der Waals surface area contributed by atoms with Gasteiger partial charge in [0, 0.05) is 0 Å². The van der Waals surface area contributed by atoms with Crippen LogP contribution in [0.4, 0.5) is 0 Å². The molecular weight excluding hydrogens is 340 g/mol. The normalized spacial score (nSPS) is 45.1. The SMILES string of the molecule is Cc1cc(C2C[C@H]3CC[C@]2(C)C3(C)C)c(O)c(C2C[C@@H]3CC[C@@]2(C)C3(C)C)c1. The molecule has 4 bridgehead atoms. The Morgan fingerprint density at radius 2 is 1.14 bits per heavy atom. The molecule has 0 saturated heterocycles. The third-order valence-corrected chi connectivity index (χ3v) is 11.7. The molecule has 6 atom stereocenters. The zero-order valence-corrected chi connectivity index (χ0v) is 19.2. The molecule has 154 valence electrons. The number of rotatable bonds is 2. The van der Waals surface area contributed by atoms with E-state index < -0.39 is 0 Å². The molecule has 5 rings (SSSR count). The van der Waals surface area contributed by atoms with Crippen LogP contribution < -0.4 is 0 Å². The lowest BCUT2D eigenvalue weighted by Crippen LogP contribution is -2.32. The number of benzene rings is 1. The van der Waals surface area contributed by atoms with Crippen LogP contribution >= 0.6 is 0 Å². The number of hydrogen-bond donors (Lipinski definition) is 1. The lowest BCUT2D eigenvalue weighted by atomic mass is 9.63. The van der Waals surface area contributed by atoms with Crippen LogP contribution in [0.15, 0.2) is 12.1 Å². The fourth-order valence-electron chi connectivity index (χ4n) is 8.71. The monoisotopic (exact) mass is 380 g/mol. The van der Waals surface area contributed by atoms with Crippen molar-refractivity contribution < 1.29 is 5.11 Å². The molecule has 4 fully saturated rings. The van der Waals surface area contributed by atoms with Crippen LogP contribution in [0.25, 0.3) is 0 Å². The Morgan fingerprint density at radius 1 is 0.750 bits per heavy atom. The van der Waals surface area contributed by atoms with Gasteiger partial charge in [0.05, 0.1) is 0 Å². The van der Waals surface area contributed by atoms with E-state index in [2.05, 4.69) is 60.6 Å². The van der Waals surface area contributed by atoms with Crippen molar-refractivity contribution in [3.8, 4) is 5.75 Å². The summed E-state index contributed by atoms with van der Waals surface area (Å²) < 4.78 is 0. The molecule has 2 unspecified atom stereocenters. The molecule has 4 aliphatic carbocycles. The summed E-state index contributed by atoms with van der Waals surface area (Å²) in [5, 5.41) is 11.7. The smallest absolute Gasteiger partial charge is 0.122 e. The van der Waals surface area contributed by atoms with Crippen LogP contribution in [0, 0.1) is 40.4 Å². The largest absolute Gasteiger partial charge is 0.507 e. The molecular formula is C27H40O. The van der Waals surface area contributed by atoms with E-state index in [1.54, 1.807) is 0 Å². The molecule has 4 saturated carbocycles. The Labute approximate surface area is 172 Å². The standard InChI is InChI=1S/C27H40O/c1-16-12-19(21-14-17-8-10-26(21,6)24(17,2)3)23(28)20(13-16)22-15-18-9-11-27(22,7)25(18,4)5/h12-13,17-18,21-22,28H,8-11,14-15H2,1-7H3/t17-,18+,21?,22?,26+,27-. The number of hydrogen-bond acceptors (Lipinski definition) is 1. The summed E-state index contributed by atoms with van der Waals surface area (Å²) >= 11 is 0. The minimum absolute atomic E-state index is 0.318. The van der Waals surface area contributed by atoms with Gasteiger partial charge in [-0.05, 0) is 102 Å². The van der Waals surface area contributed by atoms with Crippen molar-refractivity contribution >= 4 is 0 Å². The summed E-state index contributed by atoms with van der Waals surface area (Å²) in [6.45, 7) is 17.2. The summed E-state index contributed by atoms with van der Waals surface area (Å²) in [5.74, 6) is 3.31. The Hall–Kier alpha value is -0.980. The summed E-state index contributed by atoms with van der Waals surface area (Å²) in [5.41, 5.74) is 5.30. The van der Waals surface area contributed by atoms with E-state index >= 15 is 0 Å². The predicted molar refractivity (Wildman–Crippen MR) is 117 cm³/mol. The van der Waals surface area contributed by atoms with Gasteiger partial charge >= 0.3 is 0 Å². The van der Waals surface area contributed by atoms with Crippen LogP contribution in [0.2, 0.25) is 0 Å². The van der Waals surface area contributed by atoms with Gasteiger partial charge in [-0.1, -0.05) is 59.2 Å². The molecule has 0 aliphatic heterocycles. The Bertz CT molecular complexity index is 768. The van der Waals surface area contributed by atoms with Crippen molar-refractivity contribution in [2.24, 2.45) is 33.5 Å². The second-order valence-electron chi connectivity index (χ2n) is 12.6.